The summed E-state index contributed by atoms with van der Waals surface area (Å²) in [7, 11) is -2.48. The lowest BCUT2D eigenvalue weighted by molar-refractivity contribution is -0.139. The van der Waals surface area contributed by atoms with Gasteiger partial charge in [-0.2, -0.15) is 4.72 Å². The normalized spacial score (nSPS) is 16.0. The molecule has 0 bridgehead atoms. The highest BCUT2D eigenvalue weighted by molar-refractivity contribution is 8.18. The minimum Gasteiger partial charge on any atom is -0.497 e. The first kappa shape index (κ1) is 27.4. The monoisotopic (exact) mass is 559 g/mol. The van der Waals surface area contributed by atoms with Gasteiger partial charge >= 0.3 is 5.97 Å². The number of benzene rings is 3. The maximum absolute atomic E-state index is 13.2. The number of hydrogen-bond donors (Lipinski definition) is 2. The van der Waals surface area contributed by atoms with Crippen LogP contribution in [-0.2, 0) is 14.8 Å². The second kappa shape index (κ2) is 12.3. The number of ether oxygens (including phenoxy) is 2. The Bertz CT molecular complexity index is 1280. The maximum Gasteiger partial charge on any atom is 0.321 e. The van der Waals surface area contributed by atoms with Gasteiger partial charge in [-0.1, -0.05) is 42.5 Å². The zero-order chi connectivity index (χ0) is 26.3. The highest BCUT2D eigenvalue weighted by atomic mass is 32.2. The van der Waals surface area contributed by atoms with E-state index in [-0.39, 0.29) is 17.9 Å². The van der Waals surface area contributed by atoms with Crippen LogP contribution in [0.1, 0.15) is 12.8 Å². The average Bonchev–Trinajstić information content (AvgIpc) is 2.93. The number of carboxylic acids is 1. The van der Waals surface area contributed by atoms with Crippen molar-refractivity contribution in [2.24, 2.45) is 0 Å². The van der Waals surface area contributed by atoms with Crippen LogP contribution < -0.4 is 14.2 Å². The predicted octanol–water partition coefficient (Wildman–Crippen LogP) is 5.13. The molecule has 0 radical (unpaired) electrons. The smallest absolute Gasteiger partial charge is 0.321 e. The molecular formula is C27H29NO6S3. The predicted molar refractivity (Wildman–Crippen MR) is 149 cm³/mol. The fourth-order valence-corrected chi connectivity index (χ4v) is 8.32. The molecule has 7 nitrogen and oxygen atoms in total. The van der Waals surface area contributed by atoms with E-state index in [4.69, 9.17) is 9.47 Å². The van der Waals surface area contributed by atoms with Crippen molar-refractivity contribution in [3.05, 3.63) is 78.9 Å². The molecule has 3 aromatic carbocycles. The van der Waals surface area contributed by atoms with Crippen molar-refractivity contribution in [1.82, 2.24) is 4.72 Å². The number of rotatable bonds is 11. The molecule has 0 spiro atoms. The summed E-state index contributed by atoms with van der Waals surface area (Å²) in [5, 5.41) is 9.95. The Labute approximate surface area is 226 Å². The van der Waals surface area contributed by atoms with E-state index >= 15 is 0 Å². The van der Waals surface area contributed by atoms with Gasteiger partial charge in [-0.05, 0) is 65.5 Å². The van der Waals surface area contributed by atoms with Crippen LogP contribution in [0.15, 0.2) is 83.8 Å². The van der Waals surface area contributed by atoms with Gasteiger partial charge < -0.3 is 14.6 Å². The van der Waals surface area contributed by atoms with Gasteiger partial charge in [-0.15, -0.1) is 23.5 Å². The molecule has 37 heavy (non-hydrogen) atoms. The summed E-state index contributed by atoms with van der Waals surface area (Å²) in [6.45, 7) is 0.272. The topological polar surface area (TPSA) is 102 Å². The van der Waals surface area contributed by atoms with E-state index in [2.05, 4.69) is 4.72 Å². The number of methoxy groups -OCH3 is 1. The van der Waals surface area contributed by atoms with Crippen LogP contribution in [0.5, 0.6) is 11.5 Å². The van der Waals surface area contributed by atoms with E-state index in [0.717, 1.165) is 34.8 Å². The highest BCUT2D eigenvalue weighted by Gasteiger charge is 2.41. The van der Waals surface area contributed by atoms with Crippen molar-refractivity contribution in [3.8, 4) is 22.6 Å². The van der Waals surface area contributed by atoms with E-state index in [1.165, 1.54) is 12.1 Å². The molecule has 1 heterocycles. The molecule has 1 saturated heterocycles. The first-order valence-corrected chi connectivity index (χ1v) is 15.2. The van der Waals surface area contributed by atoms with Crippen molar-refractivity contribution in [3.63, 3.8) is 0 Å². The Kier molecular flexibility index (Phi) is 9.07. The third kappa shape index (κ3) is 7.22. The van der Waals surface area contributed by atoms with E-state index < -0.39 is 26.1 Å². The first-order valence-electron chi connectivity index (χ1n) is 11.8. The average molecular weight is 560 g/mol. The van der Waals surface area contributed by atoms with Crippen LogP contribution in [0, 0.1) is 0 Å². The molecular weight excluding hydrogens is 530 g/mol. The number of carbonyl (C=O) groups is 1. The number of hydrogen-bond acceptors (Lipinski definition) is 7. The maximum atomic E-state index is 13.2. The number of sulfonamides is 1. The van der Waals surface area contributed by atoms with Crippen LogP contribution in [0.3, 0.4) is 0 Å². The Balaban J connectivity index is 1.49. The van der Waals surface area contributed by atoms with Gasteiger partial charge in [-0.25, -0.2) is 8.42 Å². The molecule has 1 atom stereocenters. The Morgan fingerprint density at radius 2 is 1.54 bits per heavy atom. The van der Waals surface area contributed by atoms with Crippen LogP contribution in [0.4, 0.5) is 0 Å². The van der Waals surface area contributed by atoms with E-state index in [1.54, 1.807) is 42.8 Å². The van der Waals surface area contributed by atoms with Crippen molar-refractivity contribution < 1.29 is 27.8 Å². The molecule has 196 valence electrons. The summed E-state index contributed by atoms with van der Waals surface area (Å²) in [5.74, 6) is 1.92. The summed E-state index contributed by atoms with van der Waals surface area (Å²) in [4.78, 5) is 12.2. The van der Waals surface area contributed by atoms with Crippen molar-refractivity contribution in [2.75, 3.05) is 25.2 Å². The van der Waals surface area contributed by atoms with E-state index in [9.17, 15) is 18.3 Å². The molecule has 3 aromatic rings. The van der Waals surface area contributed by atoms with Gasteiger partial charge in [0.15, 0.2) is 0 Å². The Morgan fingerprint density at radius 3 is 2.11 bits per heavy atom. The molecule has 0 amide bonds. The van der Waals surface area contributed by atoms with Gasteiger partial charge in [0.05, 0.1) is 16.1 Å². The zero-order valence-corrected chi connectivity index (χ0v) is 22.8. The van der Waals surface area contributed by atoms with Crippen molar-refractivity contribution in [1.29, 1.82) is 0 Å². The lowest BCUT2D eigenvalue weighted by Gasteiger charge is -2.37. The zero-order valence-electron chi connectivity index (χ0n) is 20.3. The van der Waals surface area contributed by atoms with Crippen LogP contribution >= 0.6 is 23.5 Å². The fourth-order valence-electron chi connectivity index (χ4n) is 3.94. The third-order valence-corrected chi connectivity index (χ3v) is 10.7. The largest absolute Gasteiger partial charge is 0.497 e. The van der Waals surface area contributed by atoms with Crippen LogP contribution in [0.25, 0.3) is 11.1 Å². The number of aliphatic carboxylic acids is 1. The van der Waals surface area contributed by atoms with Gasteiger partial charge in [0.2, 0.25) is 10.0 Å². The molecule has 1 fully saturated rings. The van der Waals surface area contributed by atoms with Crippen LogP contribution in [-0.4, -0.2) is 54.8 Å². The van der Waals surface area contributed by atoms with E-state index in [0.29, 0.717) is 5.75 Å². The molecule has 0 aliphatic carbocycles. The fraction of sp³-hybridized carbons (Fsp3) is 0.296. The van der Waals surface area contributed by atoms with E-state index in [1.807, 2.05) is 54.6 Å². The van der Waals surface area contributed by atoms with Gasteiger partial charge in [0, 0.05) is 6.42 Å². The number of thioether (sulfide) groups is 2. The molecule has 0 aromatic heterocycles. The molecule has 4 rings (SSSR count). The van der Waals surface area contributed by atoms with Crippen molar-refractivity contribution in [2.45, 2.75) is 27.9 Å². The summed E-state index contributed by atoms with van der Waals surface area (Å²) < 4.78 is 39.4. The minimum absolute atomic E-state index is 0.00884. The molecule has 1 aliphatic rings. The third-order valence-electron chi connectivity index (χ3n) is 5.92. The number of nitrogens with one attached hydrogen (secondary N) is 1. The number of carboxylic acid groups (broad SMARTS) is 1. The van der Waals surface area contributed by atoms with Crippen LogP contribution in [0.2, 0.25) is 0 Å². The summed E-state index contributed by atoms with van der Waals surface area (Å²) in [6.07, 6.45) is 1.10. The first-order chi connectivity index (χ1) is 17.8. The molecule has 1 unspecified atom stereocenters. The Morgan fingerprint density at radius 1 is 0.946 bits per heavy atom. The quantitative estimate of drug-likeness (QED) is 0.334. The standard InChI is InChI=1S/C27H29NO6S3/c1-33-22-12-8-20(9-13-22)21-10-14-24(15-11-21)37(31,32)28-25(26(29)30)18-27(35-16-5-17-36-27)19-34-23-6-3-2-4-7-23/h2-4,6-15,25,28H,5,16-19H2,1H3,(H,29,30). The summed E-state index contributed by atoms with van der Waals surface area (Å²) >= 11 is 3.26. The number of para-hydroxylation sites is 1. The minimum atomic E-state index is -4.07. The SMILES string of the molecule is COc1ccc(-c2ccc(S(=O)(=O)NC(CC3(COc4ccccc4)SCCCS3)C(=O)O)cc2)cc1. The highest BCUT2D eigenvalue weighted by Crippen LogP contribution is 2.46. The van der Waals surface area contributed by atoms with Crippen molar-refractivity contribution >= 4 is 39.5 Å². The Hall–Kier alpha value is -2.66. The van der Waals surface area contributed by atoms with Gasteiger partial charge in [0.25, 0.3) is 0 Å². The van der Waals surface area contributed by atoms with Gasteiger partial charge in [-0.3, -0.25) is 4.79 Å². The second-order valence-electron chi connectivity index (χ2n) is 8.53. The molecule has 0 saturated carbocycles. The lowest BCUT2D eigenvalue weighted by atomic mass is 10.1. The van der Waals surface area contributed by atoms with Gasteiger partial charge in [0.1, 0.15) is 24.1 Å². The molecule has 1 aliphatic heterocycles. The second-order valence-corrected chi connectivity index (χ2v) is 13.5. The molecule has 2 N–H and O–H groups in total. The lowest BCUT2D eigenvalue weighted by Crippen LogP contribution is -2.47. The summed E-state index contributed by atoms with van der Waals surface area (Å²) in [6, 6.07) is 21.8. The molecule has 10 heteroatoms. The summed E-state index contributed by atoms with van der Waals surface area (Å²) in [5.41, 5.74) is 1.75.